The van der Waals surface area contributed by atoms with E-state index in [1.54, 1.807) is 5.06 Å². The summed E-state index contributed by atoms with van der Waals surface area (Å²) in [5.41, 5.74) is 0.00366. The molecule has 0 amide bonds. The molecular formula is C10H19FN2O. The number of rotatable bonds is 3. The maximum atomic E-state index is 13.3. The van der Waals surface area contributed by atoms with Crippen LogP contribution in [-0.4, -0.2) is 55.5 Å². The average Bonchev–Trinajstić information content (AvgIpc) is 2.56. The zero-order chi connectivity index (χ0) is 10.2. The molecule has 0 aliphatic carbocycles. The molecule has 2 rings (SSSR count). The minimum absolute atomic E-state index is 0.00366. The van der Waals surface area contributed by atoms with Crippen LogP contribution in [0.15, 0.2) is 0 Å². The molecule has 0 saturated carbocycles. The first kappa shape index (κ1) is 10.3. The molecule has 0 aromatic heterocycles. The Labute approximate surface area is 84.8 Å². The molecule has 2 atom stereocenters. The zero-order valence-corrected chi connectivity index (χ0v) is 9.00. The van der Waals surface area contributed by atoms with Crippen LogP contribution in [0, 0.1) is 0 Å². The fraction of sp³-hybridized carbons (Fsp3) is 1.00. The molecule has 0 bridgehead atoms. The van der Waals surface area contributed by atoms with Crippen LogP contribution in [0.2, 0.25) is 0 Å². The molecule has 2 fully saturated rings. The summed E-state index contributed by atoms with van der Waals surface area (Å²) in [6.45, 7) is 2.29. The summed E-state index contributed by atoms with van der Waals surface area (Å²) in [5, 5.41) is 1.71. The highest BCUT2D eigenvalue weighted by Crippen LogP contribution is 2.40. The standard InChI is InChI=1S/C10H19FN2O/c1-12(2)14-8-10-4-3-5-13(10)7-9(11)6-10/h9H,3-8H2,1-2H3. The Morgan fingerprint density at radius 3 is 3.07 bits per heavy atom. The summed E-state index contributed by atoms with van der Waals surface area (Å²) in [5.74, 6) is 0. The molecule has 2 unspecified atom stereocenters. The van der Waals surface area contributed by atoms with Crippen LogP contribution in [0.3, 0.4) is 0 Å². The Morgan fingerprint density at radius 1 is 1.57 bits per heavy atom. The molecule has 3 nitrogen and oxygen atoms in total. The van der Waals surface area contributed by atoms with Crippen molar-refractivity contribution in [2.24, 2.45) is 0 Å². The van der Waals surface area contributed by atoms with Crippen LogP contribution >= 0.6 is 0 Å². The normalized spacial score (nSPS) is 38.1. The number of nitrogens with zero attached hydrogens (tertiary/aromatic N) is 2. The van der Waals surface area contributed by atoms with Gasteiger partial charge in [-0.1, -0.05) is 0 Å². The Hall–Kier alpha value is -0.190. The van der Waals surface area contributed by atoms with Gasteiger partial charge >= 0.3 is 0 Å². The molecule has 4 heteroatoms. The van der Waals surface area contributed by atoms with Crippen molar-refractivity contribution in [3.05, 3.63) is 0 Å². The number of hydrogen-bond donors (Lipinski definition) is 0. The lowest BCUT2D eigenvalue weighted by atomic mass is 9.95. The third-order valence-electron chi connectivity index (χ3n) is 3.35. The molecule has 2 saturated heterocycles. The smallest absolute Gasteiger partial charge is 0.115 e. The molecule has 82 valence electrons. The predicted molar refractivity (Wildman–Crippen MR) is 52.7 cm³/mol. The first-order valence-corrected chi connectivity index (χ1v) is 5.32. The summed E-state index contributed by atoms with van der Waals surface area (Å²) in [6, 6.07) is 0. The fourth-order valence-electron chi connectivity index (χ4n) is 2.70. The van der Waals surface area contributed by atoms with Crippen LogP contribution in [0.25, 0.3) is 0 Å². The van der Waals surface area contributed by atoms with Crippen LogP contribution in [-0.2, 0) is 4.84 Å². The quantitative estimate of drug-likeness (QED) is 0.636. The number of fused-ring (bicyclic) bond motifs is 1. The summed E-state index contributed by atoms with van der Waals surface area (Å²) in [6.07, 6.45) is 2.27. The van der Waals surface area contributed by atoms with Gasteiger partial charge in [-0.3, -0.25) is 9.74 Å². The predicted octanol–water partition coefficient (Wildman–Crippen LogP) is 1.06. The van der Waals surface area contributed by atoms with E-state index in [1.807, 2.05) is 14.1 Å². The van der Waals surface area contributed by atoms with E-state index in [2.05, 4.69) is 4.90 Å². The Kier molecular flexibility index (Phi) is 2.77. The van der Waals surface area contributed by atoms with Gasteiger partial charge in [0, 0.05) is 32.6 Å². The van der Waals surface area contributed by atoms with Gasteiger partial charge in [-0.25, -0.2) is 4.39 Å². The van der Waals surface area contributed by atoms with Gasteiger partial charge in [-0.15, -0.1) is 0 Å². The van der Waals surface area contributed by atoms with Crippen molar-refractivity contribution in [2.45, 2.75) is 31.0 Å². The van der Waals surface area contributed by atoms with E-state index in [-0.39, 0.29) is 5.54 Å². The lowest BCUT2D eigenvalue weighted by Gasteiger charge is -2.32. The highest BCUT2D eigenvalue weighted by Gasteiger charge is 2.48. The van der Waals surface area contributed by atoms with Crippen molar-refractivity contribution in [1.82, 2.24) is 9.96 Å². The monoisotopic (exact) mass is 202 g/mol. The molecule has 2 heterocycles. The Morgan fingerprint density at radius 2 is 2.36 bits per heavy atom. The highest BCUT2D eigenvalue weighted by atomic mass is 19.1. The molecule has 0 radical (unpaired) electrons. The van der Waals surface area contributed by atoms with Crippen molar-refractivity contribution >= 4 is 0 Å². The summed E-state index contributed by atoms with van der Waals surface area (Å²) in [7, 11) is 3.75. The van der Waals surface area contributed by atoms with Gasteiger partial charge in [0.2, 0.25) is 0 Å². The van der Waals surface area contributed by atoms with Gasteiger partial charge in [0.25, 0.3) is 0 Å². The maximum absolute atomic E-state index is 13.3. The lowest BCUT2D eigenvalue weighted by molar-refractivity contribution is -0.148. The van der Waals surface area contributed by atoms with Crippen LogP contribution in [0.4, 0.5) is 4.39 Å². The molecule has 2 aliphatic rings. The van der Waals surface area contributed by atoms with Gasteiger partial charge in [0.15, 0.2) is 0 Å². The first-order chi connectivity index (χ1) is 6.62. The largest absolute Gasteiger partial charge is 0.298 e. The number of hydroxylamine groups is 2. The van der Waals surface area contributed by atoms with Gasteiger partial charge in [-0.05, 0) is 19.4 Å². The summed E-state index contributed by atoms with van der Waals surface area (Å²) < 4.78 is 13.3. The second-order valence-electron chi connectivity index (χ2n) is 4.66. The van der Waals surface area contributed by atoms with E-state index >= 15 is 0 Å². The van der Waals surface area contributed by atoms with E-state index in [1.165, 1.54) is 6.42 Å². The third-order valence-corrected chi connectivity index (χ3v) is 3.35. The van der Waals surface area contributed by atoms with E-state index in [0.717, 1.165) is 13.0 Å². The topological polar surface area (TPSA) is 15.7 Å². The van der Waals surface area contributed by atoms with Gasteiger partial charge in [0.1, 0.15) is 6.17 Å². The van der Waals surface area contributed by atoms with Crippen molar-refractivity contribution in [1.29, 1.82) is 0 Å². The van der Waals surface area contributed by atoms with Gasteiger partial charge in [-0.2, -0.15) is 5.06 Å². The number of hydrogen-bond acceptors (Lipinski definition) is 3. The second-order valence-corrected chi connectivity index (χ2v) is 4.66. The Bertz CT molecular complexity index is 212. The lowest BCUT2D eigenvalue weighted by Crippen LogP contribution is -2.43. The molecular weight excluding hydrogens is 183 g/mol. The molecule has 0 aromatic rings. The zero-order valence-electron chi connectivity index (χ0n) is 9.00. The second kappa shape index (κ2) is 3.76. The van der Waals surface area contributed by atoms with E-state index in [9.17, 15) is 4.39 Å². The van der Waals surface area contributed by atoms with Crippen molar-refractivity contribution < 1.29 is 9.23 Å². The maximum Gasteiger partial charge on any atom is 0.115 e. The van der Waals surface area contributed by atoms with Crippen LogP contribution < -0.4 is 0 Å². The molecule has 0 aromatic carbocycles. The molecule has 0 N–H and O–H groups in total. The van der Waals surface area contributed by atoms with Crippen molar-refractivity contribution in [3.63, 3.8) is 0 Å². The minimum Gasteiger partial charge on any atom is -0.298 e. The van der Waals surface area contributed by atoms with Gasteiger partial charge < -0.3 is 0 Å². The van der Waals surface area contributed by atoms with E-state index in [0.29, 0.717) is 19.6 Å². The van der Waals surface area contributed by atoms with E-state index in [4.69, 9.17) is 4.84 Å². The van der Waals surface area contributed by atoms with Gasteiger partial charge in [0.05, 0.1) is 6.61 Å². The van der Waals surface area contributed by atoms with Crippen LogP contribution in [0.1, 0.15) is 19.3 Å². The average molecular weight is 202 g/mol. The van der Waals surface area contributed by atoms with E-state index < -0.39 is 6.17 Å². The number of halogens is 1. The molecule has 14 heavy (non-hydrogen) atoms. The van der Waals surface area contributed by atoms with Crippen LogP contribution in [0.5, 0.6) is 0 Å². The summed E-state index contributed by atoms with van der Waals surface area (Å²) >= 11 is 0. The molecule has 0 spiro atoms. The fourth-order valence-corrected chi connectivity index (χ4v) is 2.70. The van der Waals surface area contributed by atoms with Crippen molar-refractivity contribution in [3.8, 4) is 0 Å². The van der Waals surface area contributed by atoms with Crippen molar-refractivity contribution in [2.75, 3.05) is 33.8 Å². The Balaban J connectivity index is 1.98. The SMILES string of the molecule is CN(C)OCC12CCCN1CC(F)C2. The summed E-state index contributed by atoms with van der Waals surface area (Å²) in [4.78, 5) is 7.77. The number of alkyl halides is 1. The highest BCUT2D eigenvalue weighted by molar-refractivity contribution is 5.03. The first-order valence-electron chi connectivity index (χ1n) is 5.32. The third kappa shape index (κ3) is 1.78. The molecule has 2 aliphatic heterocycles. The minimum atomic E-state index is -0.652.